The predicted molar refractivity (Wildman–Crippen MR) is 142 cm³/mol. The lowest BCUT2D eigenvalue weighted by atomic mass is 9.93. The van der Waals surface area contributed by atoms with E-state index in [1.165, 1.54) is 5.56 Å². The van der Waals surface area contributed by atoms with Gasteiger partial charge in [-0.1, -0.05) is 32.1 Å². The van der Waals surface area contributed by atoms with Crippen LogP contribution in [-0.2, 0) is 20.0 Å². The van der Waals surface area contributed by atoms with Gasteiger partial charge in [0.2, 0.25) is 0 Å². The highest BCUT2D eigenvalue weighted by molar-refractivity contribution is 7.53. The van der Waals surface area contributed by atoms with Gasteiger partial charge in [-0.05, 0) is 97.5 Å². The van der Waals surface area contributed by atoms with E-state index in [1.807, 2.05) is 45.0 Å². The van der Waals surface area contributed by atoms with Gasteiger partial charge < -0.3 is 14.4 Å². The fourth-order valence-corrected chi connectivity index (χ4v) is 5.71. The monoisotopic (exact) mass is 497 g/mol. The van der Waals surface area contributed by atoms with Gasteiger partial charge in [0, 0.05) is 12.6 Å². The Morgan fingerprint density at radius 2 is 2.00 bits per heavy atom. The molecular weight excluding hydrogens is 461 g/mol. The van der Waals surface area contributed by atoms with E-state index in [2.05, 4.69) is 31.6 Å². The third-order valence-electron chi connectivity index (χ3n) is 6.17. The highest BCUT2D eigenvalue weighted by Crippen LogP contribution is 2.53. The fourth-order valence-electron chi connectivity index (χ4n) is 4.17. The first-order valence-electron chi connectivity index (χ1n) is 11.9. The number of benzene rings is 2. The van der Waals surface area contributed by atoms with Crippen molar-refractivity contribution >= 4 is 14.3 Å². The molecule has 2 atom stereocenters. The molecular formula is C28H36NO5P. The molecule has 6 nitrogen and oxygen atoms in total. The summed E-state index contributed by atoms with van der Waals surface area (Å²) in [7, 11) is -3.39. The molecule has 1 N–H and O–H groups in total. The minimum absolute atomic E-state index is 0.144. The van der Waals surface area contributed by atoms with Gasteiger partial charge in [0.05, 0.1) is 12.7 Å². The fraction of sp³-hybridized carbons (Fsp3) is 0.393. The lowest BCUT2D eigenvalue weighted by Gasteiger charge is -2.30. The molecule has 188 valence electrons. The third kappa shape index (κ3) is 7.17. The van der Waals surface area contributed by atoms with Gasteiger partial charge in [0.25, 0.3) is 0 Å². The number of aryl methyl sites for hydroxylation is 2. The molecule has 1 fully saturated rings. The number of hydrogen-bond donors (Lipinski definition) is 1. The topological polar surface area (TPSA) is 77.4 Å². The molecule has 1 saturated heterocycles. The second-order valence-corrected chi connectivity index (χ2v) is 11.2. The van der Waals surface area contributed by atoms with Crippen molar-refractivity contribution in [3.8, 4) is 11.5 Å². The summed E-state index contributed by atoms with van der Waals surface area (Å²) < 4.78 is 30.4. The highest BCUT2D eigenvalue weighted by atomic mass is 31.2. The molecule has 0 aromatic heterocycles. The summed E-state index contributed by atoms with van der Waals surface area (Å²) in [5.41, 5.74) is 6.42. The van der Waals surface area contributed by atoms with Gasteiger partial charge in [-0.3, -0.25) is 14.1 Å². The van der Waals surface area contributed by atoms with Crippen molar-refractivity contribution in [1.29, 1.82) is 0 Å². The summed E-state index contributed by atoms with van der Waals surface area (Å²) in [6.45, 7) is 13.9. The summed E-state index contributed by atoms with van der Waals surface area (Å²) in [6.07, 6.45) is 6.19. The third-order valence-corrected chi connectivity index (χ3v) is 7.77. The molecule has 1 aliphatic rings. The summed E-state index contributed by atoms with van der Waals surface area (Å²) >= 11 is 0. The Hall–Kier alpha value is -2.66. The number of rotatable bonds is 9. The zero-order valence-corrected chi connectivity index (χ0v) is 22.2. The molecule has 7 heteroatoms. The maximum absolute atomic E-state index is 13.2. The van der Waals surface area contributed by atoms with Gasteiger partial charge in [-0.2, -0.15) is 0 Å². The van der Waals surface area contributed by atoms with Crippen LogP contribution in [0, 0.1) is 13.8 Å². The van der Waals surface area contributed by atoms with Gasteiger partial charge in [0.1, 0.15) is 11.5 Å². The normalized spacial score (nSPS) is 21.0. The number of nitrogens with zero attached hydrogens (tertiary/aromatic N) is 1. The van der Waals surface area contributed by atoms with Gasteiger partial charge >= 0.3 is 7.60 Å². The Kier molecular flexibility index (Phi) is 9.12. The molecule has 3 rings (SSSR count). The molecule has 1 heterocycles. The molecule has 35 heavy (non-hydrogen) atoms. The van der Waals surface area contributed by atoms with E-state index >= 15 is 0 Å². The first-order valence-corrected chi connectivity index (χ1v) is 13.6. The van der Waals surface area contributed by atoms with Crippen molar-refractivity contribution in [1.82, 2.24) is 0 Å². The van der Waals surface area contributed by atoms with Crippen molar-refractivity contribution in [2.45, 2.75) is 59.5 Å². The van der Waals surface area contributed by atoms with Crippen LogP contribution in [0.15, 0.2) is 59.2 Å². The van der Waals surface area contributed by atoms with E-state index in [0.29, 0.717) is 24.5 Å². The molecule has 0 unspecified atom stereocenters. The molecule has 0 aliphatic carbocycles. The van der Waals surface area contributed by atoms with Gasteiger partial charge in [0.15, 0.2) is 6.35 Å². The number of hydrogen-bond acceptors (Lipinski definition) is 6. The summed E-state index contributed by atoms with van der Waals surface area (Å²) in [6, 6.07) is 9.72. The molecule has 2 aromatic rings. The van der Waals surface area contributed by atoms with Crippen LogP contribution in [0.25, 0.3) is 0 Å². The SMILES string of the molecule is C=N/C=C\C=C(/C)[C@@H]1CCO[P@@](=O)(COc2cc(C)c(Cc3ccc(O)c(C(C)C)c3)c(C)c2)O1. The molecule has 0 spiro atoms. The number of allylic oxidation sites excluding steroid dienone is 2. The Morgan fingerprint density at radius 3 is 2.66 bits per heavy atom. The Labute approximate surface area is 208 Å². The minimum Gasteiger partial charge on any atom is -0.508 e. The quantitative estimate of drug-likeness (QED) is 0.225. The Bertz CT molecular complexity index is 1140. The number of phenolic OH excluding ortho intramolecular Hbond substituents is 1. The van der Waals surface area contributed by atoms with Gasteiger partial charge in [-0.25, -0.2) is 0 Å². The Morgan fingerprint density at radius 1 is 1.29 bits per heavy atom. The van der Waals surface area contributed by atoms with Crippen molar-refractivity contribution < 1.29 is 23.5 Å². The lowest BCUT2D eigenvalue weighted by molar-refractivity contribution is 0.0914. The molecule has 0 saturated carbocycles. The van der Waals surface area contributed by atoms with Crippen molar-refractivity contribution in [2.24, 2.45) is 4.99 Å². The van der Waals surface area contributed by atoms with Crippen molar-refractivity contribution in [3.63, 3.8) is 0 Å². The number of phenols is 1. The van der Waals surface area contributed by atoms with E-state index in [-0.39, 0.29) is 18.4 Å². The molecule has 0 radical (unpaired) electrons. The number of ether oxygens (including phenoxy) is 1. The van der Waals surface area contributed by atoms with Gasteiger partial charge in [-0.15, -0.1) is 0 Å². The zero-order valence-electron chi connectivity index (χ0n) is 21.3. The summed E-state index contributed by atoms with van der Waals surface area (Å²) in [5, 5.41) is 10.1. The van der Waals surface area contributed by atoms with E-state index < -0.39 is 7.60 Å². The zero-order chi connectivity index (χ0) is 25.6. The van der Waals surface area contributed by atoms with Crippen LogP contribution in [0.5, 0.6) is 11.5 Å². The van der Waals surface area contributed by atoms with E-state index in [1.54, 1.807) is 18.3 Å². The maximum Gasteiger partial charge on any atom is 0.368 e. The maximum atomic E-state index is 13.2. The van der Waals surface area contributed by atoms with Crippen molar-refractivity contribution in [2.75, 3.05) is 13.0 Å². The summed E-state index contributed by atoms with van der Waals surface area (Å²) in [5.74, 6) is 1.22. The first kappa shape index (κ1) is 26.9. The summed E-state index contributed by atoms with van der Waals surface area (Å²) in [4.78, 5) is 3.68. The average Bonchev–Trinajstić information content (AvgIpc) is 2.81. The van der Waals surface area contributed by atoms with Crippen molar-refractivity contribution in [3.05, 3.63) is 82.1 Å². The Balaban J connectivity index is 1.69. The molecule has 0 bridgehead atoms. The van der Waals surface area contributed by atoms with E-state index in [4.69, 9.17) is 13.8 Å². The number of aromatic hydroxyl groups is 1. The highest BCUT2D eigenvalue weighted by Gasteiger charge is 2.35. The second kappa shape index (κ2) is 11.9. The van der Waals surface area contributed by atoms with Crippen LogP contribution in [-0.4, -0.2) is 30.9 Å². The van der Waals surface area contributed by atoms with Crippen LogP contribution in [0.4, 0.5) is 0 Å². The number of aliphatic imine (C=N–C) groups is 1. The van der Waals surface area contributed by atoms with Crippen LogP contribution < -0.4 is 4.74 Å². The molecule has 1 aliphatic heterocycles. The minimum atomic E-state index is -3.39. The standard InChI is InChI=1S/C28H36NO5P/c1-19(2)25-16-23(9-10-27(25)30)17-26-21(4)14-24(15-22(26)5)32-18-35(31)33-13-11-28(34-35)20(3)8-7-12-29-6/h7-10,12,14-16,19,28,30H,6,11,13,17-18H2,1-5H3/b12-7-,20-8+/t28-,35-/m0/s1. The van der Waals surface area contributed by atoms with Crippen LogP contribution in [0.2, 0.25) is 0 Å². The predicted octanol–water partition coefficient (Wildman–Crippen LogP) is 7.22. The molecule has 2 aromatic carbocycles. The second-order valence-electron chi connectivity index (χ2n) is 9.30. The molecule has 0 amide bonds. The van der Waals surface area contributed by atoms with E-state index in [0.717, 1.165) is 34.2 Å². The largest absolute Gasteiger partial charge is 0.508 e. The van der Waals surface area contributed by atoms with Crippen LogP contribution in [0.3, 0.4) is 0 Å². The van der Waals surface area contributed by atoms with Crippen LogP contribution in [0.1, 0.15) is 60.9 Å². The average molecular weight is 498 g/mol. The first-order chi connectivity index (χ1) is 16.6. The van der Waals surface area contributed by atoms with E-state index in [9.17, 15) is 9.67 Å². The smallest absolute Gasteiger partial charge is 0.368 e. The van der Waals surface area contributed by atoms with Crippen LogP contribution >= 0.6 is 7.60 Å². The lowest BCUT2D eigenvalue weighted by Crippen LogP contribution is -2.23.